The van der Waals surface area contributed by atoms with Crippen LogP contribution in [0.1, 0.15) is 49.8 Å². The van der Waals surface area contributed by atoms with Gasteiger partial charge in [0, 0.05) is 12.6 Å². The lowest BCUT2D eigenvalue weighted by Crippen LogP contribution is -2.24. The van der Waals surface area contributed by atoms with Crippen molar-refractivity contribution in [2.24, 2.45) is 11.8 Å². The fourth-order valence-corrected chi connectivity index (χ4v) is 4.35. The van der Waals surface area contributed by atoms with Gasteiger partial charge in [-0.1, -0.05) is 11.6 Å². The van der Waals surface area contributed by atoms with Crippen molar-refractivity contribution in [1.29, 1.82) is 5.26 Å². The normalized spacial score (nSPS) is 19.7. The summed E-state index contributed by atoms with van der Waals surface area (Å²) in [6.45, 7) is 0.890. The highest BCUT2D eigenvalue weighted by Crippen LogP contribution is 2.46. The van der Waals surface area contributed by atoms with E-state index in [9.17, 15) is 5.26 Å². The number of rotatable bonds is 5. The lowest BCUT2D eigenvalue weighted by Gasteiger charge is -2.17. The lowest BCUT2D eigenvalue weighted by molar-refractivity contribution is 0.487. The fraction of sp³-hybridized carbons (Fsp3) is 0.611. The average molecular weight is 357 g/mol. The molecule has 5 rings (SSSR count). The largest absolute Gasteiger partial charge is 0.364 e. The summed E-state index contributed by atoms with van der Waals surface area (Å²) in [6.07, 6.45) is 8.34. The Bertz CT molecular complexity index is 840. The molecule has 25 heavy (non-hydrogen) atoms. The maximum Gasteiger partial charge on any atom is 0.166 e. The van der Waals surface area contributed by atoms with Crippen molar-refractivity contribution in [3.63, 3.8) is 0 Å². The number of nitriles is 1. The topological polar surface area (TPSA) is 82.3 Å². The van der Waals surface area contributed by atoms with Crippen LogP contribution in [-0.2, 0) is 13.0 Å². The summed E-state index contributed by atoms with van der Waals surface area (Å²) in [6, 6.07) is 2.76. The van der Waals surface area contributed by atoms with Crippen LogP contribution in [0.15, 0.2) is 0 Å². The molecule has 0 unspecified atom stereocenters. The summed E-state index contributed by atoms with van der Waals surface area (Å²) in [5.41, 5.74) is 2.90. The third-order valence-electron chi connectivity index (χ3n) is 5.71. The van der Waals surface area contributed by atoms with Gasteiger partial charge in [0.05, 0.1) is 10.7 Å². The Hall–Kier alpha value is -2.00. The van der Waals surface area contributed by atoms with Gasteiger partial charge >= 0.3 is 0 Å². The van der Waals surface area contributed by atoms with Gasteiger partial charge in [0.2, 0.25) is 0 Å². The van der Waals surface area contributed by atoms with E-state index in [0.29, 0.717) is 33.8 Å². The van der Waals surface area contributed by atoms with Gasteiger partial charge in [-0.2, -0.15) is 15.5 Å². The first kappa shape index (κ1) is 15.3. The highest BCUT2D eigenvalue weighted by molar-refractivity contribution is 6.33. The first-order valence-electron chi connectivity index (χ1n) is 9.27. The molecule has 130 valence electrons. The number of hydrogen-bond acceptors (Lipinski definition) is 4. The van der Waals surface area contributed by atoms with Crippen molar-refractivity contribution in [1.82, 2.24) is 20.0 Å². The maximum atomic E-state index is 9.74. The van der Waals surface area contributed by atoms with Gasteiger partial charge in [-0.25, -0.2) is 0 Å². The zero-order valence-corrected chi connectivity index (χ0v) is 14.8. The van der Waals surface area contributed by atoms with Crippen molar-refractivity contribution < 1.29 is 0 Å². The molecular formula is C18H21ClN6. The SMILES string of the molecule is N#Cc1c(NC(C2CC2)C2CC2)n[nH]c1-c1nn2c(c1Cl)CCCC2. The highest BCUT2D eigenvalue weighted by Gasteiger charge is 2.42. The molecule has 2 fully saturated rings. The van der Waals surface area contributed by atoms with Crippen LogP contribution in [0, 0.1) is 23.2 Å². The van der Waals surface area contributed by atoms with Crippen molar-refractivity contribution in [3.05, 3.63) is 16.3 Å². The Morgan fingerprint density at radius 2 is 2.00 bits per heavy atom. The fourth-order valence-electron chi connectivity index (χ4n) is 4.03. The van der Waals surface area contributed by atoms with E-state index in [0.717, 1.165) is 43.3 Å². The number of aryl methyl sites for hydroxylation is 1. The van der Waals surface area contributed by atoms with E-state index in [1.807, 2.05) is 4.68 Å². The lowest BCUT2D eigenvalue weighted by atomic mass is 10.1. The molecule has 2 saturated carbocycles. The van der Waals surface area contributed by atoms with Crippen LogP contribution >= 0.6 is 11.6 Å². The number of H-pyrrole nitrogens is 1. The number of fused-ring (bicyclic) bond motifs is 1. The van der Waals surface area contributed by atoms with Crippen LogP contribution in [0.5, 0.6) is 0 Å². The molecule has 2 aromatic rings. The molecule has 2 aromatic heterocycles. The Morgan fingerprint density at radius 3 is 2.64 bits per heavy atom. The summed E-state index contributed by atoms with van der Waals surface area (Å²) >= 11 is 6.58. The van der Waals surface area contributed by atoms with E-state index < -0.39 is 0 Å². The van der Waals surface area contributed by atoms with Crippen molar-refractivity contribution in [2.75, 3.05) is 5.32 Å². The zero-order valence-electron chi connectivity index (χ0n) is 14.1. The molecule has 7 heteroatoms. The third kappa shape index (κ3) is 2.62. The van der Waals surface area contributed by atoms with E-state index in [4.69, 9.17) is 11.6 Å². The highest BCUT2D eigenvalue weighted by atomic mass is 35.5. The van der Waals surface area contributed by atoms with Crippen LogP contribution in [0.3, 0.4) is 0 Å². The molecule has 3 aliphatic rings. The summed E-state index contributed by atoms with van der Waals surface area (Å²) in [7, 11) is 0. The standard InChI is InChI=1S/C18H21ClN6/c19-14-13-3-1-2-8-25(13)24-17(14)16-12(9-20)18(23-22-16)21-15(10-4-5-10)11-6-7-11/h10-11,15H,1-8H2,(H2,21,22,23). The molecule has 6 nitrogen and oxygen atoms in total. The molecular weight excluding hydrogens is 336 g/mol. The summed E-state index contributed by atoms with van der Waals surface area (Å²) in [5.74, 6) is 2.13. The van der Waals surface area contributed by atoms with Gasteiger partial charge in [-0.05, 0) is 56.8 Å². The number of aromatic amines is 1. The average Bonchev–Trinajstić information content (AvgIpc) is 3.56. The molecule has 2 aliphatic carbocycles. The minimum atomic E-state index is 0.453. The van der Waals surface area contributed by atoms with Crippen LogP contribution in [0.4, 0.5) is 5.82 Å². The van der Waals surface area contributed by atoms with Crippen LogP contribution in [-0.4, -0.2) is 26.0 Å². The molecule has 0 amide bonds. The predicted molar refractivity (Wildman–Crippen MR) is 95.3 cm³/mol. The minimum absolute atomic E-state index is 0.453. The van der Waals surface area contributed by atoms with Gasteiger partial charge in [0.1, 0.15) is 23.0 Å². The molecule has 0 aromatic carbocycles. The van der Waals surface area contributed by atoms with E-state index in [1.54, 1.807) is 0 Å². The van der Waals surface area contributed by atoms with Crippen molar-refractivity contribution in [3.8, 4) is 17.5 Å². The summed E-state index contributed by atoms with van der Waals surface area (Å²) < 4.78 is 1.98. The summed E-state index contributed by atoms with van der Waals surface area (Å²) in [4.78, 5) is 0. The predicted octanol–water partition coefficient (Wildman–Crippen LogP) is 3.74. The number of nitrogens with zero attached hydrogens (tertiary/aromatic N) is 4. The number of anilines is 1. The van der Waals surface area contributed by atoms with E-state index >= 15 is 0 Å². The van der Waals surface area contributed by atoms with E-state index in [-0.39, 0.29) is 0 Å². The number of hydrogen-bond donors (Lipinski definition) is 2. The van der Waals surface area contributed by atoms with E-state index in [1.165, 1.54) is 25.7 Å². The van der Waals surface area contributed by atoms with Crippen LogP contribution in [0.2, 0.25) is 5.02 Å². The van der Waals surface area contributed by atoms with Gasteiger partial charge in [0.15, 0.2) is 5.82 Å². The first-order valence-corrected chi connectivity index (χ1v) is 9.64. The zero-order chi connectivity index (χ0) is 17.0. The molecule has 0 bridgehead atoms. The molecule has 0 radical (unpaired) electrons. The molecule has 0 saturated heterocycles. The summed E-state index contributed by atoms with van der Waals surface area (Å²) in [5, 5.41) is 26.0. The third-order valence-corrected chi connectivity index (χ3v) is 6.10. The Balaban J connectivity index is 1.49. The van der Waals surface area contributed by atoms with Crippen molar-refractivity contribution >= 4 is 17.4 Å². The van der Waals surface area contributed by atoms with Crippen LogP contribution in [0.25, 0.3) is 11.4 Å². The molecule has 1 aliphatic heterocycles. The van der Waals surface area contributed by atoms with Crippen LogP contribution < -0.4 is 5.32 Å². The van der Waals surface area contributed by atoms with Gasteiger partial charge in [-0.15, -0.1) is 0 Å². The monoisotopic (exact) mass is 356 g/mol. The Kier molecular flexibility index (Phi) is 3.53. The van der Waals surface area contributed by atoms with Crippen molar-refractivity contribution in [2.45, 2.75) is 57.5 Å². The number of nitrogens with one attached hydrogen (secondary N) is 2. The molecule has 3 heterocycles. The number of halogens is 1. The minimum Gasteiger partial charge on any atom is -0.364 e. The first-order chi connectivity index (χ1) is 12.3. The van der Waals surface area contributed by atoms with Gasteiger partial charge < -0.3 is 5.32 Å². The maximum absolute atomic E-state index is 9.74. The molecule has 0 atom stereocenters. The molecule has 0 spiro atoms. The Morgan fingerprint density at radius 1 is 1.24 bits per heavy atom. The second-order valence-electron chi connectivity index (χ2n) is 7.57. The van der Waals surface area contributed by atoms with Gasteiger partial charge in [0.25, 0.3) is 0 Å². The van der Waals surface area contributed by atoms with Gasteiger partial charge in [-0.3, -0.25) is 9.78 Å². The van der Waals surface area contributed by atoms with E-state index in [2.05, 4.69) is 26.7 Å². The quantitative estimate of drug-likeness (QED) is 0.855. The number of aromatic nitrogens is 4. The smallest absolute Gasteiger partial charge is 0.166 e. The second kappa shape index (κ2) is 5.77. The second-order valence-corrected chi connectivity index (χ2v) is 7.95. The molecule has 2 N–H and O–H groups in total. The Labute approximate surface area is 151 Å².